The summed E-state index contributed by atoms with van der Waals surface area (Å²) in [6.07, 6.45) is 1.84. The molecule has 32 heavy (non-hydrogen) atoms. The molecular weight excluding hydrogens is 438 g/mol. The molecule has 0 spiro atoms. The van der Waals surface area contributed by atoms with Crippen molar-refractivity contribution in [2.45, 2.75) is 20.5 Å². The van der Waals surface area contributed by atoms with Crippen LogP contribution in [-0.2, 0) is 11.4 Å². The Morgan fingerprint density at radius 2 is 1.81 bits per heavy atom. The average Bonchev–Trinajstić information content (AvgIpc) is 3.06. The minimum absolute atomic E-state index is 0.118. The van der Waals surface area contributed by atoms with Crippen LogP contribution in [0.3, 0.4) is 0 Å². The zero-order valence-electron chi connectivity index (χ0n) is 18.1. The number of carbonyl (C=O) groups excluding carboxylic acids is 1. The lowest BCUT2D eigenvalue weighted by Crippen LogP contribution is -2.28. The van der Waals surface area contributed by atoms with E-state index in [9.17, 15) is 4.79 Å². The molecule has 0 bridgehead atoms. The number of thioether (sulfide) groups is 1. The van der Waals surface area contributed by atoms with Gasteiger partial charge >= 0.3 is 0 Å². The number of amides is 1. The van der Waals surface area contributed by atoms with Crippen molar-refractivity contribution in [3.05, 3.63) is 93.9 Å². The molecule has 0 N–H and O–H groups in total. The molecule has 6 heteroatoms. The van der Waals surface area contributed by atoms with Crippen LogP contribution in [0.4, 0.5) is 5.69 Å². The summed E-state index contributed by atoms with van der Waals surface area (Å²) in [5.41, 5.74) is 4.94. The number of para-hydroxylation sites is 1. The van der Waals surface area contributed by atoms with Gasteiger partial charge in [-0.3, -0.25) is 9.69 Å². The Hall–Kier alpha value is -3.09. The summed E-state index contributed by atoms with van der Waals surface area (Å²) in [4.78, 5) is 15.2. The number of aryl methyl sites for hydroxylation is 2. The van der Waals surface area contributed by atoms with Gasteiger partial charge in [-0.15, -0.1) is 0 Å². The molecule has 0 aliphatic carbocycles. The van der Waals surface area contributed by atoms with Crippen molar-refractivity contribution in [2.75, 3.05) is 12.0 Å². The van der Waals surface area contributed by atoms with Gasteiger partial charge in [0.05, 0.1) is 17.7 Å². The Morgan fingerprint density at radius 3 is 2.56 bits per heavy atom. The van der Waals surface area contributed by atoms with Gasteiger partial charge in [0.25, 0.3) is 5.91 Å². The normalized spacial score (nSPS) is 14.8. The maximum atomic E-state index is 13.1. The van der Waals surface area contributed by atoms with Gasteiger partial charge < -0.3 is 9.47 Å². The highest BCUT2D eigenvalue weighted by atomic mass is 32.2. The monoisotopic (exact) mass is 461 g/mol. The van der Waals surface area contributed by atoms with Crippen LogP contribution < -0.4 is 14.4 Å². The molecule has 1 aliphatic heterocycles. The summed E-state index contributed by atoms with van der Waals surface area (Å²) in [7, 11) is 1.61. The van der Waals surface area contributed by atoms with Crippen molar-refractivity contribution in [3.8, 4) is 11.5 Å². The zero-order chi connectivity index (χ0) is 22.7. The summed E-state index contributed by atoms with van der Waals surface area (Å²) >= 11 is 6.80. The van der Waals surface area contributed by atoms with Gasteiger partial charge in [0, 0.05) is 0 Å². The lowest BCUT2D eigenvalue weighted by atomic mass is 10.1. The number of nitrogens with zero attached hydrogens (tertiary/aromatic N) is 1. The molecule has 1 amide bonds. The fourth-order valence-electron chi connectivity index (χ4n) is 3.50. The Kier molecular flexibility index (Phi) is 6.63. The van der Waals surface area contributed by atoms with Crippen molar-refractivity contribution in [1.29, 1.82) is 0 Å². The molecule has 1 heterocycles. The molecule has 162 valence electrons. The predicted molar refractivity (Wildman–Crippen MR) is 135 cm³/mol. The summed E-state index contributed by atoms with van der Waals surface area (Å²) < 4.78 is 12.0. The van der Waals surface area contributed by atoms with Crippen molar-refractivity contribution in [3.63, 3.8) is 0 Å². The van der Waals surface area contributed by atoms with Crippen LogP contribution in [0.1, 0.15) is 22.3 Å². The number of benzene rings is 3. The number of thiocarbonyl (C=S) groups is 1. The topological polar surface area (TPSA) is 38.8 Å². The SMILES string of the molecule is COc1cc(C=C2SC(=S)N(c3ccccc3C)C2=O)ccc1OCc1cccc(C)c1. The number of hydrogen-bond donors (Lipinski definition) is 0. The van der Waals surface area contributed by atoms with Crippen LogP contribution in [-0.4, -0.2) is 17.3 Å². The van der Waals surface area contributed by atoms with E-state index in [4.69, 9.17) is 21.7 Å². The van der Waals surface area contributed by atoms with E-state index in [-0.39, 0.29) is 5.91 Å². The second-order valence-electron chi connectivity index (χ2n) is 7.49. The van der Waals surface area contributed by atoms with Crippen LogP contribution in [0.2, 0.25) is 0 Å². The summed E-state index contributed by atoms with van der Waals surface area (Å²) in [6.45, 7) is 4.48. The number of anilines is 1. The van der Waals surface area contributed by atoms with Gasteiger partial charge in [0.1, 0.15) is 6.61 Å². The van der Waals surface area contributed by atoms with Gasteiger partial charge in [0.15, 0.2) is 15.8 Å². The molecule has 1 fully saturated rings. The quantitative estimate of drug-likeness (QED) is 0.318. The van der Waals surface area contributed by atoms with Crippen molar-refractivity contribution in [1.82, 2.24) is 0 Å². The first-order valence-electron chi connectivity index (χ1n) is 10.2. The third-order valence-electron chi connectivity index (χ3n) is 5.11. The first kappa shape index (κ1) is 22.1. The maximum Gasteiger partial charge on any atom is 0.270 e. The minimum Gasteiger partial charge on any atom is -0.493 e. The molecule has 4 rings (SSSR count). The highest BCUT2D eigenvalue weighted by Crippen LogP contribution is 2.38. The maximum absolute atomic E-state index is 13.1. The fraction of sp³-hybridized carbons (Fsp3) is 0.154. The number of ether oxygens (including phenoxy) is 2. The van der Waals surface area contributed by atoms with Crippen LogP contribution in [0, 0.1) is 13.8 Å². The highest BCUT2D eigenvalue weighted by molar-refractivity contribution is 8.27. The van der Waals surface area contributed by atoms with Crippen LogP contribution >= 0.6 is 24.0 Å². The van der Waals surface area contributed by atoms with E-state index in [0.717, 1.165) is 22.4 Å². The Labute approximate surface area is 197 Å². The first-order chi connectivity index (χ1) is 15.5. The third-order valence-corrected chi connectivity index (χ3v) is 6.41. The molecule has 0 aromatic heterocycles. The molecule has 1 saturated heterocycles. The van der Waals surface area contributed by atoms with Crippen molar-refractivity contribution < 1.29 is 14.3 Å². The summed E-state index contributed by atoms with van der Waals surface area (Å²) in [5, 5.41) is 0. The van der Waals surface area contributed by atoms with Gasteiger partial charge in [0.2, 0.25) is 0 Å². The standard InChI is InChI=1S/C26H23NO3S2/c1-17-7-6-9-20(13-17)16-30-22-12-11-19(14-23(22)29-3)15-24-25(28)27(26(31)32-24)21-10-5-4-8-18(21)2/h4-15H,16H2,1-3H3. The second-order valence-corrected chi connectivity index (χ2v) is 9.17. The molecule has 3 aromatic carbocycles. The van der Waals surface area contributed by atoms with Crippen LogP contribution in [0.25, 0.3) is 6.08 Å². The van der Waals surface area contributed by atoms with Gasteiger partial charge in [-0.05, 0) is 54.8 Å². The van der Waals surface area contributed by atoms with E-state index in [1.54, 1.807) is 12.0 Å². The third kappa shape index (κ3) is 4.71. The van der Waals surface area contributed by atoms with Gasteiger partial charge in [-0.1, -0.05) is 78.1 Å². The van der Waals surface area contributed by atoms with E-state index in [2.05, 4.69) is 19.1 Å². The molecule has 0 atom stereocenters. The summed E-state index contributed by atoms with van der Waals surface area (Å²) in [5.74, 6) is 1.15. The second kappa shape index (κ2) is 9.59. The molecular formula is C26H23NO3S2. The number of methoxy groups -OCH3 is 1. The summed E-state index contributed by atoms with van der Waals surface area (Å²) in [6, 6.07) is 21.6. The lowest BCUT2D eigenvalue weighted by Gasteiger charge is -2.16. The van der Waals surface area contributed by atoms with Crippen molar-refractivity contribution in [2.24, 2.45) is 0 Å². The Balaban J connectivity index is 1.54. The van der Waals surface area contributed by atoms with E-state index in [1.807, 2.05) is 67.6 Å². The van der Waals surface area contributed by atoms with Crippen LogP contribution in [0.15, 0.2) is 71.6 Å². The Morgan fingerprint density at radius 1 is 1.00 bits per heavy atom. The Bertz CT molecular complexity index is 1220. The average molecular weight is 462 g/mol. The highest BCUT2D eigenvalue weighted by Gasteiger charge is 2.33. The zero-order valence-corrected chi connectivity index (χ0v) is 19.8. The minimum atomic E-state index is -0.118. The van der Waals surface area contributed by atoms with E-state index in [0.29, 0.717) is 27.3 Å². The van der Waals surface area contributed by atoms with Crippen LogP contribution in [0.5, 0.6) is 11.5 Å². The number of carbonyl (C=O) groups is 1. The molecule has 0 radical (unpaired) electrons. The molecule has 3 aromatic rings. The van der Waals surface area contributed by atoms with E-state index < -0.39 is 0 Å². The number of hydrogen-bond acceptors (Lipinski definition) is 5. The van der Waals surface area contributed by atoms with Gasteiger partial charge in [-0.25, -0.2) is 0 Å². The fourth-order valence-corrected chi connectivity index (χ4v) is 4.78. The lowest BCUT2D eigenvalue weighted by molar-refractivity contribution is -0.113. The molecule has 4 nitrogen and oxygen atoms in total. The van der Waals surface area contributed by atoms with Crippen molar-refractivity contribution >= 4 is 46.0 Å². The van der Waals surface area contributed by atoms with E-state index >= 15 is 0 Å². The smallest absolute Gasteiger partial charge is 0.270 e. The molecule has 0 unspecified atom stereocenters. The predicted octanol–water partition coefficient (Wildman–Crippen LogP) is 6.30. The van der Waals surface area contributed by atoms with Gasteiger partial charge in [-0.2, -0.15) is 0 Å². The molecule has 1 aliphatic rings. The molecule has 0 saturated carbocycles. The number of rotatable bonds is 6. The largest absolute Gasteiger partial charge is 0.493 e. The van der Waals surface area contributed by atoms with E-state index in [1.165, 1.54) is 17.3 Å². The first-order valence-corrected chi connectivity index (χ1v) is 11.4.